The maximum Gasteiger partial charge on any atom is 0.369 e. The first-order valence-corrected chi connectivity index (χ1v) is 6.51. The van der Waals surface area contributed by atoms with E-state index in [1.807, 2.05) is 0 Å². The van der Waals surface area contributed by atoms with Gasteiger partial charge in [-0.25, -0.2) is 14.8 Å². The molecular weight excluding hydrogens is 280 g/mol. The topological polar surface area (TPSA) is 87.7 Å². The van der Waals surface area contributed by atoms with Gasteiger partial charge in [0.2, 0.25) is 0 Å². The number of ether oxygens (including phenoxy) is 1. The number of hydrogen-bond acceptors (Lipinski definition) is 7. The lowest BCUT2D eigenvalue weighted by Gasteiger charge is -2.06. The van der Waals surface area contributed by atoms with Gasteiger partial charge in [0.25, 0.3) is 5.19 Å². The lowest BCUT2D eigenvalue weighted by molar-refractivity contribution is 0.303. The largest absolute Gasteiger partial charge is 0.465 e. The molecule has 3 aromatic rings. The van der Waals surface area contributed by atoms with Crippen LogP contribution in [-0.4, -0.2) is 29.8 Å². The Morgan fingerprint density at radius 1 is 1.45 bits per heavy atom. The third-order valence-electron chi connectivity index (χ3n) is 2.51. The summed E-state index contributed by atoms with van der Waals surface area (Å²) >= 11 is 1.24. The molecule has 0 amide bonds. The Balaban J connectivity index is 1.89. The maximum absolute atomic E-state index is 11.9. The van der Waals surface area contributed by atoms with E-state index >= 15 is 0 Å². The minimum Gasteiger partial charge on any atom is -0.465 e. The van der Waals surface area contributed by atoms with Crippen molar-refractivity contribution in [3.05, 3.63) is 45.9 Å². The second-order valence-electron chi connectivity index (χ2n) is 3.81. The first-order chi connectivity index (χ1) is 10.1. The number of pyridine rings is 1. The van der Waals surface area contributed by atoms with Crippen molar-refractivity contribution in [1.82, 2.24) is 29.8 Å². The predicted molar refractivity (Wildman–Crippen MR) is 70.8 cm³/mol. The van der Waals surface area contributed by atoms with Crippen LogP contribution in [0.25, 0.3) is 5.82 Å². The van der Waals surface area contributed by atoms with Crippen LogP contribution in [0.4, 0.5) is 0 Å². The highest BCUT2D eigenvalue weighted by atomic mass is 32.1. The molecule has 0 bridgehead atoms. The molecule has 0 saturated carbocycles. The van der Waals surface area contributed by atoms with Crippen molar-refractivity contribution in [1.29, 1.82) is 0 Å². The fraction of sp³-hybridized carbons (Fsp3) is 0.182. The zero-order valence-corrected chi connectivity index (χ0v) is 11.2. The minimum absolute atomic E-state index is 0.159. The number of aryl methyl sites for hydroxylation is 1. The molecule has 0 aliphatic rings. The second-order valence-corrected chi connectivity index (χ2v) is 4.63. The van der Waals surface area contributed by atoms with Gasteiger partial charge < -0.3 is 4.74 Å². The van der Waals surface area contributed by atoms with E-state index in [4.69, 9.17) is 6.11 Å². The van der Waals surface area contributed by atoms with E-state index in [1.54, 1.807) is 23.7 Å². The fourth-order valence-electron chi connectivity index (χ4n) is 1.57. The zero-order valence-electron chi connectivity index (χ0n) is 11.4. The average Bonchev–Trinajstić information content (AvgIpc) is 3.04. The number of thiazole rings is 1. The molecule has 3 rings (SSSR count). The van der Waals surface area contributed by atoms with Crippen molar-refractivity contribution >= 4 is 11.3 Å². The molecule has 0 aliphatic carbocycles. The highest BCUT2D eigenvalue weighted by Crippen LogP contribution is 2.17. The Morgan fingerprint density at radius 3 is 3.05 bits per heavy atom. The van der Waals surface area contributed by atoms with Crippen molar-refractivity contribution in [2.75, 3.05) is 0 Å². The number of tetrazole rings is 1. The molecule has 0 unspecified atom stereocenters. The molecule has 0 aromatic carbocycles. The van der Waals surface area contributed by atoms with Gasteiger partial charge in [-0.2, -0.15) is 4.68 Å². The van der Waals surface area contributed by atoms with E-state index in [2.05, 4.69) is 20.4 Å². The van der Waals surface area contributed by atoms with E-state index in [0.717, 1.165) is 9.36 Å². The van der Waals surface area contributed by atoms with Crippen LogP contribution in [0.3, 0.4) is 0 Å². The van der Waals surface area contributed by atoms with Gasteiger partial charge in [0.15, 0.2) is 5.82 Å². The summed E-state index contributed by atoms with van der Waals surface area (Å²) < 4.78 is 15.1. The predicted octanol–water partition coefficient (Wildman–Crippen LogP) is 0.396. The molecule has 20 heavy (non-hydrogen) atoms. The molecule has 0 radical (unpaired) electrons. The van der Waals surface area contributed by atoms with Crippen molar-refractivity contribution < 1.29 is 6.11 Å². The molecule has 102 valence electrons. The van der Waals surface area contributed by atoms with E-state index in [0.29, 0.717) is 16.6 Å². The fourth-order valence-corrected chi connectivity index (χ4v) is 2.01. The third-order valence-corrected chi connectivity index (χ3v) is 3.14. The summed E-state index contributed by atoms with van der Waals surface area (Å²) in [6, 6.07) is 3.51. The molecule has 0 aliphatic heterocycles. The van der Waals surface area contributed by atoms with Crippen LogP contribution in [0, 0.1) is 0 Å². The summed E-state index contributed by atoms with van der Waals surface area (Å²) in [7, 11) is 1.51. The average molecular weight is 292 g/mol. The third kappa shape index (κ3) is 2.30. The van der Waals surface area contributed by atoms with E-state index < -0.39 is 5.69 Å². The molecule has 9 heteroatoms. The van der Waals surface area contributed by atoms with Gasteiger partial charge in [-0.3, -0.25) is 0 Å². The van der Waals surface area contributed by atoms with Crippen LogP contribution in [0.2, 0.25) is 0 Å². The van der Waals surface area contributed by atoms with Gasteiger partial charge in [0.1, 0.15) is 6.61 Å². The van der Waals surface area contributed by atoms with Crippen molar-refractivity contribution in [3.8, 4) is 11.0 Å². The first kappa shape index (κ1) is 11.3. The molecule has 3 aromatic heterocycles. The number of rotatable bonds is 4. The zero-order chi connectivity index (χ0) is 14.8. The van der Waals surface area contributed by atoms with Crippen LogP contribution in [0.1, 0.15) is 6.93 Å². The molecule has 0 spiro atoms. The molecule has 0 atom stereocenters. The van der Waals surface area contributed by atoms with Gasteiger partial charge in [0.05, 0.1) is 1.37 Å². The molecular formula is C11H10N6O2S. The van der Waals surface area contributed by atoms with Gasteiger partial charge in [0, 0.05) is 30.4 Å². The molecule has 3 heterocycles. The molecule has 8 nitrogen and oxygen atoms in total. The number of hydrogen-bond donors (Lipinski definition) is 0. The minimum atomic E-state index is -0.391. The van der Waals surface area contributed by atoms with Crippen LogP contribution >= 0.6 is 11.3 Å². The summed E-state index contributed by atoms with van der Waals surface area (Å²) in [6.07, 6.45) is 1.72. The Labute approximate surface area is 118 Å². The highest BCUT2D eigenvalue weighted by molar-refractivity contribution is 7.11. The number of nitrogens with zero attached hydrogens (tertiary/aromatic N) is 6. The van der Waals surface area contributed by atoms with Crippen molar-refractivity contribution in [2.45, 2.75) is 6.61 Å². The lowest BCUT2D eigenvalue weighted by Crippen LogP contribution is -2.23. The SMILES string of the molecule is [3H]c1csc(OCc2cccnc2-n2nnn(C)c2=O)n1. The Hall–Kier alpha value is -2.55. The summed E-state index contributed by atoms with van der Waals surface area (Å²) in [5, 5.41) is 9.38. The monoisotopic (exact) mass is 292 g/mol. The molecule has 0 N–H and O–H groups in total. The molecule has 0 fully saturated rings. The van der Waals surface area contributed by atoms with Crippen LogP contribution < -0.4 is 10.4 Å². The number of aromatic nitrogens is 6. The normalized spacial score (nSPS) is 11.3. The van der Waals surface area contributed by atoms with Gasteiger partial charge in [-0.05, 0) is 16.5 Å². The summed E-state index contributed by atoms with van der Waals surface area (Å²) in [4.78, 5) is 19.9. The van der Waals surface area contributed by atoms with Crippen LogP contribution in [-0.2, 0) is 13.7 Å². The highest BCUT2D eigenvalue weighted by Gasteiger charge is 2.12. The van der Waals surface area contributed by atoms with E-state index in [-0.39, 0.29) is 12.8 Å². The van der Waals surface area contributed by atoms with Gasteiger partial charge >= 0.3 is 5.69 Å². The quantitative estimate of drug-likeness (QED) is 0.691. The van der Waals surface area contributed by atoms with Gasteiger partial charge in [-0.15, -0.1) is 4.68 Å². The first-order valence-electron chi connectivity index (χ1n) is 6.13. The summed E-state index contributed by atoms with van der Waals surface area (Å²) in [6.45, 7) is 0.166. The van der Waals surface area contributed by atoms with Crippen LogP contribution in [0.5, 0.6) is 5.19 Å². The summed E-state index contributed by atoms with van der Waals surface area (Å²) in [5.41, 5.74) is 0.277. The second kappa shape index (κ2) is 5.21. The standard InChI is InChI=1S/C11H10N6O2S/c1-16-11(18)17(15-14-16)9-8(3-2-4-12-9)7-19-10-13-5-6-20-10/h2-6H,7H2,1H3/i5T. The van der Waals surface area contributed by atoms with E-state index in [9.17, 15) is 4.79 Å². The molecule has 0 saturated heterocycles. The van der Waals surface area contributed by atoms with Crippen molar-refractivity contribution in [3.63, 3.8) is 0 Å². The van der Waals surface area contributed by atoms with Crippen molar-refractivity contribution in [2.24, 2.45) is 7.05 Å². The van der Waals surface area contributed by atoms with Gasteiger partial charge in [-0.1, -0.05) is 17.4 Å². The maximum atomic E-state index is 11.9. The Morgan fingerprint density at radius 2 is 2.35 bits per heavy atom. The smallest absolute Gasteiger partial charge is 0.369 e. The summed E-state index contributed by atoms with van der Waals surface area (Å²) in [5.74, 6) is 0.359. The Kier molecular flexibility index (Phi) is 2.94. The van der Waals surface area contributed by atoms with Crippen LogP contribution in [0.15, 0.2) is 34.7 Å². The van der Waals surface area contributed by atoms with E-state index in [1.165, 1.54) is 18.4 Å². The lowest BCUT2D eigenvalue weighted by atomic mass is 10.3. The Bertz CT molecular complexity index is 826.